The van der Waals surface area contributed by atoms with Gasteiger partial charge in [-0.2, -0.15) is 13.2 Å². The maximum absolute atomic E-state index is 11.9. The van der Waals surface area contributed by atoms with Crippen LogP contribution in [0.4, 0.5) is 13.2 Å². The van der Waals surface area contributed by atoms with Crippen LogP contribution in [0.5, 0.6) is 0 Å². The molecule has 1 heterocycles. The minimum Gasteiger partial charge on any atom is -0.327 e. The molecule has 7 heteroatoms. The van der Waals surface area contributed by atoms with Gasteiger partial charge < -0.3 is 5.73 Å². The minimum absolute atomic E-state index is 0. The Balaban J connectivity index is 0. The van der Waals surface area contributed by atoms with Crippen molar-refractivity contribution in [2.24, 2.45) is 5.73 Å². The second kappa shape index (κ2) is 6.71. The number of likely N-dealkylation sites (tertiary alicyclic amines) is 1. The van der Waals surface area contributed by atoms with Gasteiger partial charge in [0.05, 0.1) is 6.54 Å². The average Bonchev–Trinajstić information content (AvgIpc) is 1.82. The number of nitrogens with two attached hydrogens (primary N) is 1. The van der Waals surface area contributed by atoms with Crippen LogP contribution in [-0.2, 0) is 0 Å². The van der Waals surface area contributed by atoms with E-state index in [4.69, 9.17) is 5.73 Å². The smallest absolute Gasteiger partial charge is 0.327 e. The molecule has 1 aliphatic heterocycles. The van der Waals surface area contributed by atoms with Gasteiger partial charge in [-0.05, 0) is 19.4 Å². The third-order valence-corrected chi connectivity index (χ3v) is 1.94. The highest BCUT2D eigenvalue weighted by atomic mass is 35.5. The fourth-order valence-electron chi connectivity index (χ4n) is 1.49. The van der Waals surface area contributed by atoms with E-state index >= 15 is 0 Å². The van der Waals surface area contributed by atoms with Crippen LogP contribution in [0.2, 0.25) is 0 Å². The monoisotopic (exact) mass is 254 g/mol. The first kappa shape index (κ1) is 16.7. The third kappa shape index (κ3) is 6.70. The molecular formula is C7H15Cl2F3N2. The highest BCUT2D eigenvalue weighted by molar-refractivity contribution is 5.85. The van der Waals surface area contributed by atoms with Crippen LogP contribution in [0.15, 0.2) is 0 Å². The van der Waals surface area contributed by atoms with Crippen molar-refractivity contribution in [3.8, 4) is 0 Å². The Morgan fingerprint density at radius 1 is 1.29 bits per heavy atom. The zero-order chi connectivity index (χ0) is 9.19. The highest BCUT2D eigenvalue weighted by Gasteiger charge is 2.32. The summed E-state index contributed by atoms with van der Waals surface area (Å²) in [5, 5.41) is 0. The van der Waals surface area contributed by atoms with Gasteiger partial charge in [0.2, 0.25) is 0 Å². The van der Waals surface area contributed by atoms with Crippen LogP contribution in [0.25, 0.3) is 0 Å². The summed E-state index contributed by atoms with van der Waals surface area (Å²) < 4.78 is 35.7. The topological polar surface area (TPSA) is 29.3 Å². The molecule has 1 saturated heterocycles. The molecule has 2 N–H and O–H groups in total. The van der Waals surface area contributed by atoms with Crippen molar-refractivity contribution >= 4 is 24.8 Å². The van der Waals surface area contributed by atoms with E-state index in [1.165, 1.54) is 4.90 Å². The molecule has 14 heavy (non-hydrogen) atoms. The molecule has 88 valence electrons. The van der Waals surface area contributed by atoms with Crippen molar-refractivity contribution in [2.75, 3.05) is 19.6 Å². The first-order valence-electron chi connectivity index (χ1n) is 4.02. The van der Waals surface area contributed by atoms with Crippen molar-refractivity contribution in [3.63, 3.8) is 0 Å². The average molecular weight is 255 g/mol. The number of halogens is 5. The molecule has 0 aromatic rings. The van der Waals surface area contributed by atoms with E-state index in [-0.39, 0.29) is 30.9 Å². The molecule has 1 rings (SSSR count). The highest BCUT2D eigenvalue weighted by Crippen LogP contribution is 2.18. The summed E-state index contributed by atoms with van der Waals surface area (Å²) in [6.45, 7) is 0.0768. The Labute approximate surface area is 93.8 Å². The van der Waals surface area contributed by atoms with Gasteiger partial charge in [-0.3, -0.25) is 4.90 Å². The molecule has 0 amide bonds. The maximum Gasteiger partial charge on any atom is 0.401 e. The van der Waals surface area contributed by atoms with Gasteiger partial charge in [0.25, 0.3) is 0 Å². The minimum atomic E-state index is -4.09. The van der Waals surface area contributed by atoms with Gasteiger partial charge in [0, 0.05) is 12.6 Å². The number of piperidine rings is 1. The Morgan fingerprint density at radius 2 is 1.86 bits per heavy atom. The molecule has 2 nitrogen and oxygen atoms in total. The summed E-state index contributed by atoms with van der Waals surface area (Å²) in [5.74, 6) is 0. The Kier molecular flexibility index (Phi) is 8.01. The first-order chi connectivity index (χ1) is 5.47. The fourth-order valence-corrected chi connectivity index (χ4v) is 1.49. The van der Waals surface area contributed by atoms with E-state index in [0.717, 1.165) is 12.8 Å². The molecule has 0 spiro atoms. The lowest BCUT2D eigenvalue weighted by atomic mass is 10.1. The third-order valence-electron chi connectivity index (χ3n) is 1.94. The number of rotatable bonds is 1. The van der Waals surface area contributed by atoms with Crippen molar-refractivity contribution in [1.82, 2.24) is 4.90 Å². The quantitative estimate of drug-likeness (QED) is 0.774. The number of alkyl halides is 3. The van der Waals surface area contributed by atoms with Gasteiger partial charge in [0.15, 0.2) is 0 Å². The van der Waals surface area contributed by atoms with E-state index < -0.39 is 12.7 Å². The molecule has 0 unspecified atom stereocenters. The lowest BCUT2D eigenvalue weighted by molar-refractivity contribution is -0.148. The first-order valence-corrected chi connectivity index (χ1v) is 4.02. The molecule has 0 aromatic carbocycles. The summed E-state index contributed by atoms with van der Waals surface area (Å²) in [6, 6.07) is -0.0823. The lowest BCUT2D eigenvalue weighted by Gasteiger charge is -2.30. The summed E-state index contributed by atoms with van der Waals surface area (Å²) in [6.07, 6.45) is -2.47. The van der Waals surface area contributed by atoms with Gasteiger partial charge >= 0.3 is 6.18 Å². The molecule has 1 atom stereocenters. The Bertz CT molecular complexity index is 154. The molecule has 1 aliphatic rings. The SMILES string of the molecule is Cl.Cl.N[C@@H]1CCCN(CC(F)(F)F)C1. The Hall–Kier alpha value is 0.290. The Morgan fingerprint density at radius 3 is 2.29 bits per heavy atom. The standard InChI is InChI=1S/C7H13F3N2.2ClH/c8-7(9,10)5-12-3-1-2-6(11)4-12;;/h6H,1-5,11H2;2*1H/t6-;;/m1../s1. The number of hydrogen-bond acceptors (Lipinski definition) is 2. The number of nitrogens with zero attached hydrogens (tertiary/aromatic N) is 1. The van der Waals surface area contributed by atoms with E-state index in [0.29, 0.717) is 13.1 Å². The van der Waals surface area contributed by atoms with Crippen molar-refractivity contribution in [1.29, 1.82) is 0 Å². The second-order valence-electron chi connectivity index (χ2n) is 3.25. The van der Waals surface area contributed by atoms with Gasteiger partial charge in [0.1, 0.15) is 0 Å². The predicted octanol–water partition coefficient (Wildman–Crippen LogP) is 1.82. The summed E-state index contributed by atoms with van der Waals surface area (Å²) >= 11 is 0. The number of hydrogen-bond donors (Lipinski definition) is 1. The van der Waals surface area contributed by atoms with Crippen LogP contribution in [0, 0.1) is 0 Å². The molecular weight excluding hydrogens is 240 g/mol. The van der Waals surface area contributed by atoms with E-state index in [2.05, 4.69) is 0 Å². The summed E-state index contributed by atoms with van der Waals surface area (Å²) in [5.41, 5.74) is 5.53. The molecule has 0 aromatic heterocycles. The maximum atomic E-state index is 11.9. The van der Waals surface area contributed by atoms with Crippen LogP contribution in [-0.4, -0.2) is 36.8 Å². The molecule has 1 fully saturated rings. The molecule has 0 saturated carbocycles. The van der Waals surface area contributed by atoms with Crippen molar-refractivity contribution in [3.05, 3.63) is 0 Å². The van der Waals surface area contributed by atoms with Gasteiger partial charge in [-0.1, -0.05) is 0 Å². The fraction of sp³-hybridized carbons (Fsp3) is 1.00. The predicted molar refractivity (Wildman–Crippen MR) is 54.2 cm³/mol. The lowest BCUT2D eigenvalue weighted by Crippen LogP contribution is -2.46. The van der Waals surface area contributed by atoms with Crippen molar-refractivity contribution < 1.29 is 13.2 Å². The van der Waals surface area contributed by atoms with E-state index in [9.17, 15) is 13.2 Å². The van der Waals surface area contributed by atoms with Crippen molar-refractivity contribution in [2.45, 2.75) is 25.1 Å². The van der Waals surface area contributed by atoms with E-state index in [1.807, 2.05) is 0 Å². The van der Waals surface area contributed by atoms with E-state index in [1.54, 1.807) is 0 Å². The zero-order valence-electron chi connectivity index (χ0n) is 7.59. The van der Waals surface area contributed by atoms with Crippen LogP contribution < -0.4 is 5.73 Å². The van der Waals surface area contributed by atoms with Crippen LogP contribution in [0.3, 0.4) is 0 Å². The molecule has 0 radical (unpaired) electrons. The van der Waals surface area contributed by atoms with Gasteiger partial charge in [-0.25, -0.2) is 0 Å². The van der Waals surface area contributed by atoms with Gasteiger partial charge in [-0.15, -0.1) is 24.8 Å². The van der Waals surface area contributed by atoms with Crippen LogP contribution >= 0.6 is 24.8 Å². The largest absolute Gasteiger partial charge is 0.401 e. The summed E-state index contributed by atoms with van der Waals surface area (Å²) in [4.78, 5) is 1.37. The molecule has 0 aliphatic carbocycles. The van der Waals surface area contributed by atoms with Crippen LogP contribution in [0.1, 0.15) is 12.8 Å². The summed E-state index contributed by atoms with van der Waals surface area (Å²) in [7, 11) is 0. The second-order valence-corrected chi connectivity index (χ2v) is 3.25. The molecule has 0 bridgehead atoms. The normalized spacial score (nSPS) is 23.6. The zero-order valence-corrected chi connectivity index (χ0v) is 9.22.